The summed E-state index contributed by atoms with van der Waals surface area (Å²) >= 11 is 1.38. The smallest absolute Gasteiger partial charge is 0.341 e. The molecule has 3 rings (SSSR count). The van der Waals surface area contributed by atoms with Crippen molar-refractivity contribution in [1.82, 2.24) is 0 Å². The van der Waals surface area contributed by atoms with Crippen molar-refractivity contribution in [1.29, 1.82) is 0 Å². The molecule has 2 aromatic rings. The van der Waals surface area contributed by atoms with E-state index in [0.717, 1.165) is 29.7 Å². The van der Waals surface area contributed by atoms with Gasteiger partial charge in [0.05, 0.1) is 17.6 Å². The molecule has 142 valence electrons. The minimum Gasteiger partial charge on any atom is -0.465 e. The van der Waals surface area contributed by atoms with Gasteiger partial charge in [-0.25, -0.2) is 4.79 Å². The monoisotopic (exact) mass is 388 g/mol. The van der Waals surface area contributed by atoms with E-state index in [0.29, 0.717) is 16.5 Å². The summed E-state index contributed by atoms with van der Waals surface area (Å²) in [6.07, 6.45) is 2.60. The molecule has 0 spiro atoms. The lowest BCUT2D eigenvalue weighted by Gasteiger charge is -2.18. The van der Waals surface area contributed by atoms with E-state index in [1.165, 1.54) is 43.6 Å². The maximum atomic E-state index is 12.8. The average molecular weight is 388 g/mol. The number of benzene rings is 1. The number of carbonyl (C=O) groups is 2. The lowest BCUT2D eigenvalue weighted by atomic mass is 9.88. The van der Waals surface area contributed by atoms with E-state index in [1.54, 1.807) is 0 Å². The third kappa shape index (κ3) is 3.57. The highest BCUT2D eigenvalue weighted by Crippen LogP contribution is 2.40. The Kier molecular flexibility index (Phi) is 5.27. The molecule has 1 amide bonds. The van der Waals surface area contributed by atoms with Gasteiger partial charge in [-0.2, -0.15) is 0 Å². The quantitative estimate of drug-likeness (QED) is 0.482. The molecule has 0 fully saturated rings. The molecular weight excluding hydrogens is 368 g/mol. The van der Waals surface area contributed by atoms with Crippen LogP contribution in [0.5, 0.6) is 0 Å². The van der Waals surface area contributed by atoms with Gasteiger partial charge in [0, 0.05) is 22.1 Å². The first-order valence-corrected chi connectivity index (χ1v) is 9.43. The zero-order valence-electron chi connectivity index (χ0n) is 15.3. The normalized spacial score (nSPS) is 15.7. The molecule has 1 atom stereocenters. The zero-order chi connectivity index (χ0) is 19.7. The largest absolute Gasteiger partial charge is 0.465 e. The van der Waals surface area contributed by atoms with Crippen molar-refractivity contribution in [2.24, 2.45) is 5.92 Å². The van der Waals surface area contributed by atoms with Crippen LogP contribution in [0, 0.1) is 23.0 Å². The van der Waals surface area contributed by atoms with Gasteiger partial charge in [-0.1, -0.05) is 13.0 Å². The van der Waals surface area contributed by atoms with Crippen LogP contribution in [0.3, 0.4) is 0 Å². The van der Waals surface area contributed by atoms with E-state index in [1.807, 2.05) is 0 Å². The number of nitrogens with one attached hydrogen (secondary N) is 1. The Morgan fingerprint density at radius 1 is 1.37 bits per heavy atom. The summed E-state index contributed by atoms with van der Waals surface area (Å²) in [6, 6.07) is 4.37. The topological polar surface area (TPSA) is 98.5 Å². The van der Waals surface area contributed by atoms with Gasteiger partial charge in [-0.3, -0.25) is 14.9 Å². The average Bonchev–Trinajstić information content (AvgIpc) is 2.97. The number of carbonyl (C=O) groups excluding carboxylic acids is 2. The summed E-state index contributed by atoms with van der Waals surface area (Å²) in [5.41, 5.74) is 1.72. The molecule has 1 N–H and O–H groups in total. The second-order valence-corrected chi connectivity index (χ2v) is 7.81. The number of anilines is 1. The van der Waals surface area contributed by atoms with Gasteiger partial charge in [0.2, 0.25) is 0 Å². The lowest BCUT2D eigenvalue weighted by Crippen LogP contribution is -2.17. The van der Waals surface area contributed by atoms with E-state index in [-0.39, 0.29) is 16.8 Å². The molecule has 1 aliphatic rings. The Balaban J connectivity index is 1.98. The van der Waals surface area contributed by atoms with Gasteiger partial charge in [-0.05, 0) is 43.7 Å². The van der Waals surface area contributed by atoms with E-state index < -0.39 is 16.8 Å². The molecule has 1 aromatic heterocycles. The molecular formula is C19H20N2O5S. The van der Waals surface area contributed by atoms with Gasteiger partial charge in [0.1, 0.15) is 5.00 Å². The molecule has 0 bridgehead atoms. The molecule has 27 heavy (non-hydrogen) atoms. The van der Waals surface area contributed by atoms with E-state index in [9.17, 15) is 19.7 Å². The predicted molar refractivity (Wildman–Crippen MR) is 103 cm³/mol. The molecule has 0 aliphatic heterocycles. The summed E-state index contributed by atoms with van der Waals surface area (Å²) in [6.45, 7) is 3.70. The Morgan fingerprint density at radius 3 is 2.78 bits per heavy atom. The van der Waals surface area contributed by atoms with Crippen molar-refractivity contribution in [3.8, 4) is 0 Å². The van der Waals surface area contributed by atoms with Crippen LogP contribution >= 0.6 is 11.3 Å². The third-order valence-corrected chi connectivity index (χ3v) is 6.04. The van der Waals surface area contributed by atoms with Gasteiger partial charge >= 0.3 is 5.97 Å². The number of hydrogen-bond acceptors (Lipinski definition) is 6. The van der Waals surface area contributed by atoms with Crippen molar-refractivity contribution >= 4 is 33.9 Å². The van der Waals surface area contributed by atoms with Crippen LogP contribution in [0.1, 0.15) is 50.1 Å². The van der Waals surface area contributed by atoms with Crippen molar-refractivity contribution in [2.75, 3.05) is 12.4 Å². The highest BCUT2D eigenvalue weighted by atomic mass is 32.1. The van der Waals surface area contributed by atoms with Crippen molar-refractivity contribution in [3.63, 3.8) is 0 Å². The molecule has 1 aliphatic carbocycles. The second kappa shape index (κ2) is 7.48. The molecule has 1 aromatic carbocycles. The van der Waals surface area contributed by atoms with Crippen LogP contribution in [0.2, 0.25) is 0 Å². The number of methoxy groups -OCH3 is 1. The molecule has 0 unspecified atom stereocenters. The SMILES string of the molecule is COC(=O)c1c(NC(=O)c2cccc([N+](=O)[O-])c2C)sc2c1CC[C@H](C)C2. The molecule has 7 nitrogen and oxygen atoms in total. The number of nitrogens with zero attached hydrogens (tertiary/aromatic N) is 1. The first kappa shape index (κ1) is 19.0. The lowest BCUT2D eigenvalue weighted by molar-refractivity contribution is -0.385. The minimum atomic E-state index is -0.517. The summed E-state index contributed by atoms with van der Waals surface area (Å²) in [5, 5.41) is 14.3. The summed E-state index contributed by atoms with van der Waals surface area (Å²) < 4.78 is 4.92. The van der Waals surface area contributed by atoms with Crippen LogP contribution < -0.4 is 5.32 Å². The first-order valence-electron chi connectivity index (χ1n) is 8.61. The first-order chi connectivity index (χ1) is 12.8. The predicted octanol–water partition coefficient (Wildman–Crippen LogP) is 4.13. The van der Waals surface area contributed by atoms with Gasteiger partial charge in [0.25, 0.3) is 11.6 Å². The Morgan fingerprint density at radius 2 is 2.11 bits per heavy atom. The van der Waals surface area contributed by atoms with Crippen LogP contribution in [0.15, 0.2) is 18.2 Å². The Hall–Kier alpha value is -2.74. The van der Waals surface area contributed by atoms with E-state index in [2.05, 4.69) is 12.2 Å². The third-order valence-electron chi connectivity index (χ3n) is 4.87. The molecule has 8 heteroatoms. The van der Waals surface area contributed by atoms with E-state index in [4.69, 9.17) is 4.74 Å². The Labute approximate surface area is 160 Å². The van der Waals surface area contributed by atoms with E-state index >= 15 is 0 Å². The fourth-order valence-corrected chi connectivity index (χ4v) is 4.79. The number of rotatable bonds is 4. The van der Waals surface area contributed by atoms with Gasteiger partial charge in [0.15, 0.2) is 0 Å². The molecule has 0 radical (unpaired) electrons. The van der Waals surface area contributed by atoms with Crippen molar-refractivity contribution in [2.45, 2.75) is 33.1 Å². The second-order valence-electron chi connectivity index (χ2n) is 6.71. The van der Waals surface area contributed by atoms with Gasteiger partial charge < -0.3 is 10.1 Å². The molecule has 0 saturated carbocycles. The van der Waals surface area contributed by atoms with Gasteiger partial charge in [-0.15, -0.1) is 11.3 Å². The Bertz CT molecular complexity index is 934. The van der Waals surface area contributed by atoms with Crippen LogP contribution in [-0.2, 0) is 17.6 Å². The zero-order valence-corrected chi connectivity index (χ0v) is 16.1. The maximum Gasteiger partial charge on any atom is 0.341 e. The highest BCUT2D eigenvalue weighted by molar-refractivity contribution is 7.17. The number of hydrogen-bond donors (Lipinski definition) is 1. The summed E-state index contributed by atoms with van der Waals surface area (Å²) in [7, 11) is 1.31. The van der Waals surface area contributed by atoms with Crippen LogP contribution in [-0.4, -0.2) is 23.9 Å². The minimum absolute atomic E-state index is 0.116. The summed E-state index contributed by atoms with van der Waals surface area (Å²) in [4.78, 5) is 36.8. The number of nitro benzene ring substituents is 1. The number of amides is 1. The maximum absolute atomic E-state index is 12.8. The molecule has 0 saturated heterocycles. The highest BCUT2D eigenvalue weighted by Gasteiger charge is 2.29. The fraction of sp³-hybridized carbons (Fsp3) is 0.368. The number of nitro groups is 1. The van der Waals surface area contributed by atoms with Crippen molar-refractivity contribution in [3.05, 3.63) is 55.4 Å². The fourth-order valence-electron chi connectivity index (χ4n) is 3.39. The van der Waals surface area contributed by atoms with Crippen LogP contribution in [0.25, 0.3) is 0 Å². The number of ether oxygens (including phenoxy) is 1. The molecule has 1 heterocycles. The number of thiophene rings is 1. The number of esters is 1. The van der Waals surface area contributed by atoms with Crippen molar-refractivity contribution < 1.29 is 19.2 Å². The number of fused-ring (bicyclic) bond motifs is 1. The summed E-state index contributed by atoms with van der Waals surface area (Å²) in [5.74, 6) is -0.440. The standard InChI is InChI=1S/C19H20N2O5S/c1-10-7-8-13-15(9-10)27-18(16(13)19(23)26-3)20-17(22)12-5-4-6-14(11(12)2)21(24)25/h4-6,10H,7-9H2,1-3H3,(H,20,22)/t10-/m0/s1. The van der Waals surface area contributed by atoms with Crippen LogP contribution in [0.4, 0.5) is 10.7 Å².